The second kappa shape index (κ2) is 8.78. The Bertz CT molecular complexity index is 859. The molecule has 1 N–H and O–H groups in total. The largest absolute Gasteiger partial charge is 0.466 e. The Morgan fingerprint density at radius 3 is 2.64 bits per heavy atom. The maximum Gasteiger partial charge on any atom is 0.107 e. The van der Waals surface area contributed by atoms with Gasteiger partial charge in [0, 0.05) is 24.0 Å². The molecule has 2 aromatic heterocycles. The van der Waals surface area contributed by atoms with Crippen LogP contribution in [0.2, 0.25) is 0 Å². The molecular formula is C24H31N3O. The fraction of sp³-hybridized carbons (Fsp3) is 0.458. The second-order valence-electron chi connectivity index (χ2n) is 8.23. The lowest BCUT2D eigenvalue weighted by Gasteiger charge is -2.32. The highest BCUT2D eigenvalue weighted by Gasteiger charge is 2.24. The van der Waals surface area contributed by atoms with Crippen molar-refractivity contribution in [3.8, 4) is 0 Å². The highest BCUT2D eigenvalue weighted by atomic mass is 16.3. The molecule has 1 saturated heterocycles. The third-order valence-corrected chi connectivity index (χ3v) is 6.11. The zero-order valence-electron chi connectivity index (χ0n) is 17.0. The van der Waals surface area contributed by atoms with E-state index in [0.29, 0.717) is 11.8 Å². The maximum atomic E-state index is 5.78. The van der Waals surface area contributed by atoms with Crippen LogP contribution in [0.15, 0.2) is 53.1 Å². The monoisotopic (exact) mass is 377 g/mol. The summed E-state index contributed by atoms with van der Waals surface area (Å²) in [5.74, 6) is 3.21. The Morgan fingerprint density at radius 1 is 1.14 bits per heavy atom. The van der Waals surface area contributed by atoms with Crippen LogP contribution in [0, 0.1) is 6.92 Å². The Labute approximate surface area is 168 Å². The number of aryl methyl sites for hydroxylation is 1. The first kappa shape index (κ1) is 19.0. The normalized spacial score (nSPS) is 17.1. The molecule has 1 aliphatic rings. The van der Waals surface area contributed by atoms with Gasteiger partial charge in [0.2, 0.25) is 0 Å². The van der Waals surface area contributed by atoms with Crippen LogP contribution in [0.1, 0.15) is 66.4 Å². The SMILES string of the molecule is Cc1ccc(C(C)CCN2CCC(c3[nH]ncc3Cc3ccccc3)CC2)o1. The van der Waals surface area contributed by atoms with E-state index >= 15 is 0 Å². The van der Waals surface area contributed by atoms with Crippen LogP contribution in [0.25, 0.3) is 0 Å². The molecule has 3 heterocycles. The number of rotatable bonds is 7. The molecule has 4 heteroatoms. The van der Waals surface area contributed by atoms with Crippen molar-refractivity contribution in [2.75, 3.05) is 19.6 Å². The summed E-state index contributed by atoms with van der Waals surface area (Å²) < 4.78 is 5.78. The van der Waals surface area contributed by atoms with Gasteiger partial charge in [0.25, 0.3) is 0 Å². The van der Waals surface area contributed by atoms with E-state index in [1.807, 2.05) is 13.1 Å². The van der Waals surface area contributed by atoms with Crippen LogP contribution in [0.3, 0.4) is 0 Å². The van der Waals surface area contributed by atoms with Crippen molar-refractivity contribution in [3.05, 3.63) is 77.0 Å². The van der Waals surface area contributed by atoms with Crippen molar-refractivity contribution in [3.63, 3.8) is 0 Å². The minimum Gasteiger partial charge on any atom is -0.466 e. The molecule has 1 unspecified atom stereocenters. The summed E-state index contributed by atoms with van der Waals surface area (Å²) in [5.41, 5.74) is 4.05. The predicted octanol–water partition coefficient (Wildman–Crippen LogP) is 5.28. The van der Waals surface area contributed by atoms with Gasteiger partial charge in [0.1, 0.15) is 11.5 Å². The van der Waals surface area contributed by atoms with Crippen LogP contribution in [-0.2, 0) is 6.42 Å². The smallest absolute Gasteiger partial charge is 0.107 e. The summed E-state index contributed by atoms with van der Waals surface area (Å²) in [6, 6.07) is 14.9. The first-order valence-electron chi connectivity index (χ1n) is 10.5. The maximum absolute atomic E-state index is 5.78. The molecule has 0 bridgehead atoms. The van der Waals surface area contributed by atoms with Gasteiger partial charge in [-0.1, -0.05) is 37.3 Å². The van der Waals surface area contributed by atoms with Crippen molar-refractivity contribution < 1.29 is 4.42 Å². The van der Waals surface area contributed by atoms with E-state index in [4.69, 9.17) is 4.42 Å². The van der Waals surface area contributed by atoms with E-state index in [0.717, 1.165) is 30.9 Å². The van der Waals surface area contributed by atoms with Crippen molar-refractivity contribution in [2.24, 2.45) is 0 Å². The Balaban J connectivity index is 1.28. The van der Waals surface area contributed by atoms with E-state index in [9.17, 15) is 0 Å². The van der Waals surface area contributed by atoms with Gasteiger partial charge >= 0.3 is 0 Å². The quantitative estimate of drug-likeness (QED) is 0.610. The lowest BCUT2D eigenvalue weighted by atomic mass is 9.89. The number of likely N-dealkylation sites (tertiary alicyclic amines) is 1. The van der Waals surface area contributed by atoms with Crippen LogP contribution >= 0.6 is 0 Å². The molecule has 0 radical (unpaired) electrons. The van der Waals surface area contributed by atoms with Crippen molar-refractivity contribution in [1.82, 2.24) is 15.1 Å². The topological polar surface area (TPSA) is 45.1 Å². The minimum atomic E-state index is 0.483. The van der Waals surface area contributed by atoms with E-state index in [1.165, 1.54) is 42.8 Å². The first-order chi connectivity index (χ1) is 13.7. The standard InChI is InChI=1S/C24H31N3O/c1-18(23-9-8-19(2)28-23)10-13-27-14-11-21(12-15-27)24-22(17-25-26-24)16-20-6-4-3-5-7-20/h3-9,17-18,21H,10-16H2,1-2H3,(H,25,26). The molecule has 4 nitrogen and oxygen atoms in total. The van der Waals surface area contributed by atoms with Crippen molar-refractivity contribution >= 4 is 0 Å². The Morgan fingerprint density at radius 2 is 1.93 bits per heavy atom. The first-order valence-corrected chi connectivity index (χ1v) is 10.5. The van der Waals surface area contributed by atoms with Gasteiger partial charge in [-0.3, -0.25) is 5.10 Å². The van der Waals surface area contributed by atoms with Gasteiger partial charge in [-0.05, 0) is 69.1 Å². The predicted molar refractivity (Wildman–Crippen MR) is 113 cm³/mol. The van der Waals surface area contributed by atoms with Crippen LogP contribution in [0.4, 0.5) is 0 Å². The fourth-order valence-electron chi connectivity index (χ4n) is 4.31. The third-order valence-electron chi connectivity index (χ3n) is 6.11. The molecular weight excluding hydrogens is 346 g/mol. The molecule has 1 atom stereocenters. The summed E-state index contributed by atoms with van der Waals surface area (Å²) in [6.07, 6.45) is 6.55. The summed E-state index contributed by atoms with van der Waals surface area (Å²) in [4.78, 5) is 2.61. The third kappa shape index (κ3) is 4.56. The van der Waals surface area contributed by atoms with Crippen LogP contribution in [-0.4, -0.2) is 34.7 Å². The summed E-state index contributed by atoms with van der Waals surface area (Å²) >= 11 is 0. The molecule has 0 saturated carbocycles. The van der Waals surface area contributed by atoms with Gasteiger partial charge in [-0.2, -0.15) is 5.10 Å². The number of piperidine rings is 1. The van der Waals surface area contributed by atoms with Gasteiger partial charge in [-0.25, -0.2) is 0 Å². The second-order valence-corrected chi connectivity index (χ2v) is 8.23. The average molecular weight is 378 g/mol. The number of aromatic nitrogens is 2. The summed E-state index contributed by atoms with van der Waals surface area (Å²) in [7, 11) is 0. The Kier molecular flexibility index (Phi) is 5.96. The number of nitrogens with one attached hydrogen (secondary N) is 1. The number of nitrogens with zero attached hydrogens (tertiary/aromatic N) is 2. The van der Waals surface area contributed by atoms with Crippen molar-refractivity contribution in [2.45, 2.75) is 51.4 Å². The lowest BCUT2D eigenvalue weighted by molar-refractivity contribution is 0.203. The van der Waals surface area contributed by atoms with E-state index in [1.54, 1.807) is 0 Å². The highest BCUT2D eigenvalue weighted by molar-refractivity contribution is 5.29. The van der Waals surface area contributed by atoms with E-state index in [2.05, 4.69) is 64.5 Å². The summed E-state index contributed by atoms with van der Waals surface area (Å²) in [6.45, 7) is 7.76. The highest BCUT2D eigenvalue weighted by Crippen LogP contribution is 2.30. The number of aromatic amines is 1. The number of furan rings is 1. The lowest BCUT2D eigenvalue weighted by Crippen LogP contribution is -2.34. The molecule has 1 aromatic carbocycles. The van der Waals surface area contributed by atoms with Crippen LogP contribution < -0.4 is 0 Å². The molecule has 1 fully saturated rings. The minimum absolute atomic E-state index is 0.483. The van der Waals surface area contributed by atoms with Gasteiger partial charge < -0.3 is 9.32 Å². The van der Waals surface area contributed by atoms with E-state index in [-0.39, 0.29) is 0 Å². The van der Waals surface area contributed by atoms with Crippen LogP contribution in [0.5, 0.6) is 0 Å². The molecule has 0 spiro atoms. The molecule has 3 aromatic rings. The summed E-state index contributed by atoms with van der Waals surface area (Å²) in [5, 5.41) is 7.66. The molecule has 28 heavy (non-hydrogen) atoms. The van der Waals surface area contributed by atoms with Gasteiger partial charge in [-0.15, -0.1) is 0 Å². The zero-order valence-corrected chi connectivity index (χ0v) is 17.0. The number of benzene rings is 1. The molecule has 1 aliphatic heterocycles. The fourth-order valence-corrected chi connectivity index (χ4v) is 4.31. The molecule has 0 amide bonds. The average Bonchev–Trinajstić information content (AvgIpc) is 3.36. The number of H-pyrrole nitrogens is 1. The Hall–Kier alpha value is -2.33. The molecule has 0 aliphatic carbocycles. The zero-order chi connectivity index (χ0) is 19.3. The van der Waals surface area contributed by atoms with Crippen molar-refractivity contribution in [1.29, 1.82) is 0 Å². The molecule has 148 valence electrons. The van der Waals surface area contributed by atoms with Gasteiger partial charge in [0.15, 0.2) is 0 Å². The van der Waals surface area contributed by atoms with Gasteiger partial charge in [0.05, 0.1) is 6.20 Å². The molecule has 4 rings (SSSR count). The van der Waals surface area contributed by atoms with E-state index < -0.39 is 0 Å². The number of hydrogen-bond donors (Lipinski definition) is 1. The number of hydrogen-bond acceptors (Lipinski definition) is 3.